The fourth-order valence-electron chi connectivity index (χ4n) is 6.04. The van der Waals surface area contributed by atoms with Crippen molar-refractivity contribution in [2.24, 2.45) is 11.7 Å². The van der Waals surface area contributed by atoms with Crippen molar-refractivity contribution >= 4 is 27.3 Å². The van der Waals surface area contributed by atoms with Gasteiger partial charge in [-0.25, -0.2) is 0 Å². The van der Waals surface area contributed by atoms with Crippen molar-refractivity contribution in [3.05, 3.63) is 35.2 Å². The molecule has 0 bridgehead atoms. The van der Waals surface area contributed by atoms with E-state index in [4.69, 9.17) is 15.2 Å². The number of nitrogens with two attached hydrogens (primary N) is 1. The SMILES string of the molecule is COCCCC[C@@](O)(c1cccc2ccsc12)[C@H]1CN(C(=O)CC[C@@H](N)CC2CCCCC2)CCO1. The number of amides is 1. The van der Waals surface area contributed by atoms with Crippen LogP contribution in [0.5, 0.6) is 0 Å². The molecule has 2 aromatic rings. The molecule has 1 aromatic carbocycles. The van der Waals surface area contributed by atoms with E-state index in [1.54, 1.807) is 18.4 Å². The Hall–Kier alpha value is -1.51. The Morgan fingerprint density at radius 2 is 2.11 bits per heavy atom. The Morgan fingerprint density at radius 1 is 1.28 bits per heavy atom. The first-order chi connectivity index (χ1) is 17.5. The molecule has 1 saturated heterocycles. The summed E-state index contributed by atoms with van der Waals surface area (Å²) >= 11 is 1.65. The number of morpholine rings is 1. The fraction of sp³-hybridized carbons (Fsp3) is 0.690. The van der Waals surface area contributed by atoms with E-state index in [9.17, 15) is 9.90 Å². The number of hydrogen-bond donors (Lipinski definition) is 2. The van der Waals surface area contributed by atoms with E-state index >= 15 is 0 Å². The number of thiophene rings is 1. The second-order valence-electron chi connectivity index (χ2n) is 10.8. The molecule has 0 radical (unpaired) electrons. The molecule has 7 heteroatoms. The molecule has 200 valence electrons. The smallest absolute Gasteiger partial charge is 0.222 e. The summed E-state index contributed by atoms with van der Waals surface area (Å²) < 4.78 is 12.5. The number of aliphatic hydroxyl groups is 1. The predicted molar refractivity (Wildman–Crippen MR) is 146 cm³/mol. The van der Waals surface area contributed by atoms with Crippen LogP contribution in [0.25, 0.3) is 10.1 Å². The molecular formula is C29H44N2O4S. The number of fused-ring (bicyclic) bond motifs is 1. The van der Waals surface area contributed by atoms with Gasteiger partial charge in [-0.1, -0.05) is 50.3 Å². The molecule has 36 heavy (non-hydrogen) atoms. The first-order valence-corrected chi connectivity index (χ1v) is 14.7. The molecule has 1 aliphatic heterocycles. The van der Waals surface area contributed by atoms with Crippen LogP contribution in [0, 0.1) is 5.92 Å². The van der Waals surface area contributed by atoms with Gasteiger partial charge in [0.15, 0.2) is 0 Å². The first kappa shape index (κ1) is 27.5. The molecule has 1 saturated carbocycles. The van der Waals surface area contributed by atoms with Gasteiger partial charge in [0, 0.05) is 43.0 Å². The minimum absolute atomic E-state index is 0.0861. The maximum absolute atomic E-state index is 13.2. The van der Waals surface area contributed by atoms with Crippen LogP contribution in [0.1, 0.15) is 76.2 Å². The Labute approximate surface area is 220 Å². The number of benzene rings is 1. The summed E-state index contributed by atoms with van der Waals surface area (Å²) in [6.45, 7) is 2.07. The normalized spacial score (nSPS) is 22.0. The number of methoxy groups -OCH3 is 1. The maximum atomic E-state index is 13.2. The molecule has 3 N–H and O–H groups in total. The zero-order valence-electron chi connectivity index (χ0n) is 21.8. The zero-order valence-corrected chi connectivity index (χ0v) is 22.6. The van der Waals surface area contributed by atoms with E-state index in [1.807, 2.05) is 17.0 Å². The molecule has 1 amide bonds. The molecule has 2 heterocycles. The van der Waals surface area contributed by atoms with E-state index in [2.05, 4.69) is 17.5 Å². The van der Waals surface area contributed by atoms with Gasteiger partial charge in [-0.3, -0.25) is 4.79 Å². The van der Waals surface area contributed by atoms with Crippen LogP contribution < -0.4 is 5.73 Å². The number of carbonyl (C=O) groups is 1. The third kappa shape index (κ3) is 6.87. The molecule has 2 fully saturated rings. The standard InChI is InChI=1S/C29H44N2O4S/c1-34-17-6-5-15-29(33,25-11-7-10-23-14-19-36-28(23)25)26-21-31(16-18-35-26)27(32)13-12-24(30)20-22-8-3-2-4-9-22/h7,10-11,14,19,22,24,26,33H,2-6,8-9,12-13,15-18,20-21,30H2,1H3/t24-,26-,29-/m1/s1. The Balaban J connectivity index is 1.41. The van der Waals surface area contributed by atoms with Crippen LogP contribution in [-0.4, -0.2) is 61.5 Å². The summed E-state index contributed by atoms with van der Waals surface area (Å²) in [7, 11) is 1.70. The lowest BCUT2D eigenvalue weighted by atomic mass is 9.82. The largest absolute Gasteiger partial charge is 0.385 e. The van der Waals surface area contributed by atoms with Crippen molar-refractivity contribution < 1.29 is 19.4 Å². The van der Waals surface area contributed by atoms with Gasteiger partial charge in [0.1, 0.15) is 11.7 Å². The van der Waals surface area contributed by atoms with Crippen molar-refractivity contribution in [2.45, 2.75) is 88.4 Å². The zero-order chi connectivity index (χ0) is 25.4. The lowest BCUT2D eigenvalue weighted by molar-refractivity contribution is -0.165. The quantitative estimate of drug-likeness (QED) is 0.378. The lowest BCUT2D eigenvalue weighted by Gasteiger charge is -2.43. The summed E-state index contributed by atoms with van der Waals surface area (Å²) in [6.07, 6.45) is 10.6. The second-order valence-corrected chi connectivity index (χ2v) is 11.7. The third-order valence-electron chi connectivity index (χ3n) is 8.14. The average molecular weight is 517 g/mol. The molecule has 3 atom stereocenters. The van der Waals surface area contributed by atoms with Crippen LogP contribution >= 0.6 is 11.3 Å². The van der Waals surface area contributed by atoms with E-state index in [0.29, 0.717) is 39.1 Å². The molecule has 0 spiro atoms. The highest BCUT2D eigenvalue weighted by atomic mass is 32.1. The van der Waals surface area contributed by atoms with Gasteiger partial charge in [0.25, 0.3) is 0 Å². The summed E-state index contributed by atoms with van der Waals surface area (Å²) in [5.74, 6) is 0.850. The van der Waals surface area contributed by atoms with Crippen LogP contribution in [0.15, 0.2) is 29.6 Å². The highest BCUT2D eigenvalue weighted by Crippen LogP contribution is 2.40. The van der Waals surface area contributed by atoms with Crippen LogP contribution in [0.4, 0.5) is 0 Å². The predicted octanol–water partition coefficient (Wildman–Crippen LogP) is 5.21. The van der Waals surface area contributed by atoms with E-state index in [-0.39, 0.29) is 11.9 Å². The van der Waals surface area contributed by atoms with E-state index in [0.717, 1.165) is 47.3 Å². The Kier molecular flexibility index (Phi) is 10.2. The summed E-state index contributed by atoms with van der Waals surface area (Å²) in [5.41, 5.74) is 6.16. The molecule has 4 rings (SSSR count). The number of hydrogen-bond acceptors (Lipinski definition) is 6. The van der Waals surface area contributed by atoms with Crippen LogP contribution in [0.2, 0.25) is 0 Å². The number of carbonyl (C=O) groups excluding carboxylic acids is 1. The molecule has 0 unspecified atom stereocenters. The third-order valence-corrected chi connectivity index (χ3v) is 9.11. The van der Waals surface area contributed by atoms with Gasteiger partial charge in [0.2, 0.25) is 5.91 Å². The van der Waals surface area contributed by atoms with Crippen molar-refractivity contribution in [3.8, 4) is 0 Å². The topological polar surface area (TPSA) is 85.0 Å². The number of ether oxygens (including phenoxy) is 2. The van der Waals surface area contributed by atoms with Gasteiger partial charge >= 0.3 is 0 Å². The van der Waals surface area contributed by atoms with Crippen LogP contribution in [-0.2, 0) is 19.9 Å². The van der Waals surface area contributed by atoms with Gasteiger partial charge in [0.05, 0.1) is 13.2 Å². The Morgan fingerprint density at radius 3 is 2.92 bits per heavy atom. The van der Waals surface area contributed by atoms with Gasteiger partial charge in [-0.05, 0) is 54.9 Å². The molecular weight excluding hydrogens is 472 g/mol. The van der Waals surface area contributed by atoms with Gasteiger partial charge < -0.3 is 25.2 Å². The van der Waals surface area contributed by atoms with Gasteiger partial charge in [-0.15, -0.1) is 11.3 Å². The van der Waals surface area contributed by atoms with Crippen LogP contribution in [0.3, 0.4) is 0 Å². The molecule has 2 aliphatic rings. The summed E-state index contributed by atoms with van der Waals surface area (Å²) in [6, 6.07) is 8.27. The van der Waals surface area contributed by atoms with Gasteiger partial charge in [-0.2, -0.15) is 0 Å². The first-order valence-electron chi connectivity index (χ1n) is 13.8. The minimum atomic E-state index is -1.17. The molecule has 1 aromatic heterocycles. The summed E-state index contributed by atoms with van der Waals surface area (Å²) in [4.78, 5) is 15.1. The number of rotatable bonds is 12. The second kappa shape index (κ2) is 13.3. The summed E-state index contributed by atoms with van der Waals surface area (Å²) in [5, 5.41) is 15.4. The highest BCUT2D eigenvalue weighted by molar-refractivity contribution is 7.17. The number of nitrogens with zero attached hydrogens (tertiary/aromatic N) is 1. The lowest BCUT2D eigenvalue weighted by Crippen LogP contribution is -2.54. The maximum Gasteiger partial charge on any atom is 0.222 e. The fourth-order valence-corrected chi connectivity index (χ4v) is 7.04. The molecule has 6 nitrogen and oxygen atoms in total. The molecule has 1 aliphatic carbocycles. The van der Waals surface area contributed by atoms with Crippen molar-refractivity contribution in [3.63, 3.8) is 0 Å². The van der Waals surface area contributed by atoms with Crippen molar-refractivity contribution in [1.29, 1.82) is 0 Å². The average Bonchev–Trinajstić information content (AvgIpc) is 3.39. The van der Waals surface area contributed by atoms with Crippen molar-refractivity contribution in [1.82, 2.24) is 4.90 Å². The number of unbranched alkanes of at least 4 members (excludes halogenated alkanes) is 1. The minimum Gasteiger partial charge on any atom is -0.385 e. The van der Waals surface area contributed by atoms with E-state index in [1.165, 1.54) is 32.1 Å². The Bertz CT molecular complexity index is 960. The van der Waals surface area contributed by atoms with Crippen molar-refractivity contribution in [2.75, 3.05) is 33.4 Å². The van der Waals surface area contributed by atoms with E-state index < -0.39 is 11.7 Å². The highest BCUT2D eigenvalue weighted by Gasteiger charge is 2.43. The monoisotopic (exact) mass is 516 g/mol.